The van der Waals surface area contributed by atoms with Crippen molar-refractivity contribution in [3.8, 4) is 0 Å². The molecule has 0 bridgehead atoms. The third kappa shape index (κ3) is 19.4. The lowest BCUT2D eigenvalue weighted by Crippen LogP contribution is -2.46. The Hall–Kier alpha value is -0.500. The molecule has 2 atom stereocenters. The van der Waals surface area contributed by atoms with Crippen molar-refractivity contribution >= 4 is 16.1 Å². The van der Waals surface area contributed by atoms with Gasteiger partial charge in [0.05, 0.1) is 0 Å². The summed E-state index contributed by atoms with van der Waals surface area (Å²) in [6.07, 6.45) is 8.36. The number of hydrogen-bond donors (Lipinski definition) is 0. The molecule has 1 aromatic rings. The van der Waals surface area contributed by atoms with Gasteiger partial charge in [-0.3, -0.25) is 4.90 Å². The molecule has 52 heavy (non-hydrogen) atoms. The van der Waals surface area contributed by atoms with E-state index in [4.69, 9.17) is 0 Å². The number of halogens is 1. The molecule has 6 rings (SSSR count). The van der Waals surface area contributed by atoms with E-state index in [-0.39, 0.29) is 0 Å². The molecule has 0 aliphatic carbocycles. The van der Waals surface area contributed by atoms with Crippen molar-refractivity contribution in [2.45, 2.75) is 114 Å². The van der Waals surface area contributed by atoms with Gasteiger partial charge in [0.2, 0.25) is 0 Å². The second kappa shape index (κ2) is 25.6. The van der Waals surface area contributed by atoms with Crippen LogP contribution in [0, 0.1) is 59.2 Å². The van der Waals surface area contributed by atoms with Crippen LogP contribution in [-0.2, 0) is 6.54 Å². The van der Waals surface area contributed by atoms with Gasteiger partial charge < -0.3 is 14.7 Å². The number of nitrogens with zero attached hydrogens (tertiary/aromatic N) is 5. The molecule has 0 aromatic heterocycles. The Kier molecular flexibility index (Phi) is 23.5. The van der Waals surface area contributed by atoms with Gasteiger partial charge in [-0.05, 0) is 157 Å². The largest absolute Gasteiger partial charge is 0.306 e. The Morgan fingerprint density at radius 2 is 0.846 bits per heavy atom. The number of likely N-dealkylation sites (tertiary alicyclic amines) is 4. The summed E-state index contributed by atoms with van der Waals surface area (Å²) in [6.45, 7) is 37.3. The predicted molar refractivity (Wildman–Crippen MR) is 234 cm³/mol. The van der Waals surface area contributed by atoms with E-state index in [2.05, 4.69) is 160 Å². The third-order valence-corrected chi connectivity index (χ3v) is 13.7. The van der Waals surface area contributed by atoms with E-state index in [1.165, 1.54) is 110 Å². The molecule has 1 aromatic carbocycles. The molecule has 0 amide bonds. The molecular formula is C46H88BrN5. The third-order valence-electron chi connectivity index (χ3n) is 13.1. The first kappa shape index (κ1) is 47.7. The minimum absolute atomic E-state index is 0.854. The maximum atomic E-state index is 3.48. The lowest BCUT2D eigenvalue weighted by atomic mass is 9.86. The molecule has 0 N–H and O–H groups in total. The number of rotatable bonds is 7. The minimum atomic E-state index is 0.854. The van der Waals surface area contributed by atoms with Gasteiger partial charge in [-0.15, -0.1) is 0 Å². The smallest absolute Gasteiger partial charge is 0.0233 e. The lowest BCUT2D eigenvalue weighted by Gasteiger charge is -2.38. The van der Waals surface area contributed by atoms with E-state index in [0.29, 0.717) is 0 Å². The highest BCUT2D eigenvalue weighted by Gasteiger charge is 2.26. The molecule has 2 unspecified atom stereocenters. The van der Waals surface area contributed by atoms with Gasteiger partial charge in [-0.2, -0.15) is 0 Å². The van der Waals surface area contributed by atoms with Gasteiger partial charge in [-0.25, -0.2) is 3.93 Å². The number of hydrogen-bond acceptors (Lipinski definition) is 5. The molecule has 5 fully saturated rings. The maximum Gasteiger partial charge on any atom is 0.0233 e. The number of piperidine rings is 2. The van der Waals surface area contributed by atoms with E-state index in [0.717, 1.165) is 65.7 Å². The van der Waals surface area contributed by atoms with Crippen LogP contribution in [0.25, 0.3) is 0 Å². The first-order valence-electron chi connectivity index (χ1n) is 21.8. The molecule has 6 heteroatoms. The summed E-state index contributed by atoms with van der Waals surface area (Å²) in [5, 5.41) is 0. The van der Waals surface area contributed by atoms with Gasteiger partial charge in [0.15, 0.2) is 0 Å². The fraction of sp³-hybridized carbons (Fsp3) is 0.870. The van der Waals surface area contributed by atoms with E-state index >= 15 is 0 Å². The van der Waals surface area contributed by atoms with Gasteiger partial charge in [0, 0.05) is 55.4 Å². The van der Waals surface area contributed by atoms with Crippen LogP contribution < -0.4 is 0 Å². The Labute approximate surface area is 334 Å². The van der Waals surface area contributed by atoms with Crippen LogP contribution in [0.2, 0.25) is 0 Å². The van der Waals surface area contributed by atoms with Gasteiger partial charge in [-0.1, -0.05) is 99.6 Å². The molecule has 304 valence electrons. The van der Waals surface area contributed by atoms with Gasteiger partial charge in [0.1, 0.15) is 0 Å². The van der Waals surface area contributed by atoms with Gasteiger partial charge >= 0.3 is 0 Å². The van der Waals surface area contributed by atoms with Crippen LogP contribution >= 0.6 is 16.1 Å². The predicted octanol–water partition coefficient (Wildman–Crippen LogP) is 10.6. The quantitative estimate of drug-likeness (QED) is 0.255. The second-order valence-electron chi connectivity index (χ2n) is 19.2. The van der Waals surface area contributed by atoms with E-state index in [1.807, 2.05) is 0 Å². The van der Waals surface area contributed by atoms with Gasteiger partial charge in [0.25, 0.3) is 0 Å². The summed E-state index contributed by atoms with van der Waals surface area (Å²) in [7, 11) is 6.61. The Morgan fingerprint density at radius 3 is 1.17 bits per heavy atom. The molecule has 0 saturated carbocycles. The fourth-order valence-corrected chi connectivity index (χ4v) is 8.86. The summed E-state index contributed by atoms with van der Waals surface area (Å²) in [5.74, 6) is 9.21. The first-order valence-corrected chi connectivity index (χ1v) is 22.5. The van der Waals surface area contributed by atoms with E-state index in [1.54, 1.807) is 0 Å². The molecule has 0 spiro atoms. The van der Waals surface area contributed by atoms with Crippen molar-refractivity contribution in [1.29, 1.82) is 0 Å². The van der Waals surface area contributed by atoms with Crippen LogP contribution in [0.1, 0.15) is 113 Å². The molecular weight excluding hydrogens is 702 g/mol. The highest BCUT2D eigenvalue weighted by Crippen LogP contribution is 2.27. The first-order chi connectivity index (χ1) is 24.5. The molecule has 5 aliphatic heterocycles. The summed E-state index contributed by atoms with van der Waals surface area (Å²) in [6, 6.07) is 10.8. The second-order valence-corrected chi connectivity index (χ2v) is 20.2. The highest BCUT2D eigenvalue weighted by molar-refractivity contribution is 9.07. The zero-order valence-corrected chi connectivity index (χ0v) is 38.4. The summed E-state index contributed by atoms with van der Waals surface area (Å²) in [4.78, 5) is 9.81. The van der Waals surface area contributed by atoms with Crippen LogP contribution in [-0.4, -0.2) is 110 Å². The maximum absolute atomic E-state index is 3.48. The summed E-state index contributed by atoms with van der Waals surface area (Å²) >= 11 is 3.48. The van der Waals surface area contributed by atoms with Crippen molar-refractivity contribution in [2.24, 2.45) is 59.2 Å². The van der Waals surface area contributed by atoms with Crippen LogP contribution in [0.4, 0.5) is 0 Å². The van der Waals surface area contributed by atoms with Crippen molar-refractivity contribution < 1.29 is 0 Å². The monoisotopic (exact) mass is 790 g/mol. The average molecular weight is 791 g/mol. The SMILES string of the molecule is CC(C)C1CCN(Br)C1.CC(C)C1CCN(C)C1.CC(C)C1CCN(C)CC1.CC(C)C1CCN(Cc2ccccc2)CC1.CC(C)C1CN(C)C1. The highest BCUT2D eigenvalue weighted by atomic mass is 79.9. The minimum Gasteiger partial charge on any atom is -0.306 e. The van der Waals surface area contributed by atoms with Crippen LogP contribution in [0.3, 0.4) is 0 Å². The average Bonchev–Trinajstić information content (AvgIpc) is 3.74. The van der Waals surface area contributed by atoms with Crippen LogP contribution in [0.15, 0.2) is 30.3 Å². The summed E-state index contributed by atoms with van der Waals surface area (Å²) in [5.41, 5.74) is 1.45. The molecule has 5 heterocycles. The van der Waals surface area contributed by atoms with Crippen molar-refractivity contribution in [3.05, 3.63) is 35.9 Å². The number of benzene rings is 1. The van der Waals surface area contributed by atoms with Crippen molar-refractivity contribution in [3.63, 3.8) is 0 Å². The standard InChI is InChI=1S/C15H23N.C9H19N.C8H17N.C7H14BrN.C7H15N/c1-13(2)15-8-10-16(11-9-15)12-14-6-4-3-5-7-14;1-8(2)9-4-6-10(3)7-5-9;1-7(2)8-4-5-9(3)6-8;1-6(2)7-3-4-9(8)5-7;1-6(2)7-4-8(3)5-7/h3-7,13,15H,8-12H2,1-2H3;8-9H,4-7H2,1-3H3;7-8H,4-6H2,1-3H3;6-7H,3-5H2,1-2H3;6-7H,4-5H2,1-3H3. The zero-order valence-electron chi connectivity index (χ0n) is 36.8. The van der Waals surface area contributed by atoms with Crippen molar-refractivity contribution in [1.82, 2.24) is 23.5 Å². The fourth-order valence-electron chi connectivity index (χ4n) is 8.28. The Bertz CT molecular complexity index is 969. The van der Waals surface area contributed by atoms with Crippen LogP contribution in [0.5, 0.6) is 0 Å². The molecule has 0 radical (unpaired) electrons. The van der Waals surface area contributed by atoms with E-state index < -0.39 is 0 Å². The molecule has 5 saturated heterocycles. The topological polar surface area (TPSA) is 16.2 Å². The van der Waals surface area contributed by atoms with E-state index in [9.17, 15) is 0 Å². The normalized spacial score (nSPS) is 24.6. The van der Waals surface area contributed by atoms with Crippen molar-refractivity contribution in [2.75, 3.05) is 86.6 Å². The molecule has 5 aliphatic rings. The summed E-state index contributed by atoms with van der Waals surface area (Å²) < 4.78 is 2.23. The lowest BCUT2D eigenvalue weighted by molar-refractivity contribution is 0.0967. The Balaban J connectivity index is 0.000000232. The molecule has 5 nitrogen and oxygen atoms in total. The Morgan fingerprint density at radius 1 is 0.462 bits per heavy atom. The zero-order chi connectivity index (χ0) is 38.8.